The van der Waals surface area contributed by atoms with E-state index in [1.807, 2.05) is 61.5 Å². The molecule has 21 heavy (non-hydrogen) atoms. The quantitative estimate of drug-likeness (QED) is 0.669. The second-order valence-corrected chi connectivity index (χ2v) is 5.29. The molecule has 108 valence electrons. The Hall–Kier alpha value is -2.14. The number of ether oxygens (including phenoxy) is 1. The highest BCUT2D eigenvalue weighted by atomic mass is 79.9. The molecular formula is C16H15BrN2O2. The van der Waals surface area contributed by atoms with E-state index in [1.165, 1.54) is 0 Å². The first kappa shape index (κ1) is 15.3. The Morgan fingerprint density at radius 1 is 1.14 bits per heavy atom. The molecule has 0 saturated carbocycles. The van der Waals surface area contributed by atoms with Crippen molar-refractivity contribution in [2.75, 3.05) is 0 Å². The zero-order chi connectivity index (χ0) is 15.1. The number of rotatable bonds is 4. The second-order valence-electron chi connectivity index (χ2n) is 4.38. The van der Waals surface area contributed by atoms with Gasteiger partial charge in [-0.1, -0.05) is 58.4 Å². The summed E-state index contributed by atoms with van der Waals surface area (Å²) in [6.45, 7) is 2.04. The highest BCUT2D eigenvalue weighted by molar-refractivity contribution is 9.10. The second kappa shape index (κ2) is 7.59. The number of hydrogen-bond donors (Lipinski definition) is 1. The van der Waals surface area contributed by atoms with Crippen molar-refractivity contribution in [1.29, 1.82) is 0 Å². The maximum Gasteiger partial charge on any atom is 0.428 e. The van der Waals surface area contributed by atoms with Gasteiger partial charge in [0.05, 0.1) is 5.71 Å². The molecule has 0 fully saturated rings. The SMILES string of the molecule is C/C(=N\NC(=O)OCc1ccccc1)c1ccc(Br)cc1. The third-order valence-corrected chi connectivity index (χ3v) is 3.32. The van der Waals surface area contributed by atoms with Gasteiger partial charge in [-0.2, -0.15) is 5.10 Å². The summed E-state index contributed by atoms with van der Waals surface area (Å²) in [5.74, 6) is 0. The van der Waals surface area contributed by atoms with Gasteiger partial charge in [-0.25, -0.2) is 10.2 Å². The van der Waals surface area contributed by atoms with Gasteiger partial charge in [0, 0.05) is 4.47 Å². The van der Waals surface area contributed by atoms with E-state index in [9.17, 15) is 4.79 Å². The van der Waals surface area contributed by atoms with Gasteiger partial charge in [0.25, 0.3) is 0 Å². The minimum atomic E-state index is -0.574. The van der Waals surface area contributed by atoms with E-state index >= 15 is 0 Å². The van der Waals surface area contributed by atoms with Gasteiger partial charge in [0.1, 0.15) is 6.61 Å². The van der Waals surface area contributed by atoms with Gasteiger partial charge >= 0.3 is 6.09 Å². The standard InChI is InChI=1S/C16H15BrN2O2/c1-12(14-7-9-15(17)10-8-14)18-19-16(20)21-11-13-5-3-2-4-6-13/h2-10H,11H2,1H3,(H,19,20)/b18-12+. The minimum absolute atomic E-state index is 0.222. The molecule has 2 aromatic rings. The molecule has 0 aliphatic carbocycles. The van der Waals surface area contributed by atoms with Crippen LogP contribution in [0.5, 0.6) is 0 Å². The van der Waals surface area contributed by atoms with Crippen LogP contribution in [0.1, 0.15) is 18.1 Å². The smallest absolute Gasteiger partial charge is 0.428 e. The van der Waals surface area contributed by atoms with Crippen molar-refractivity contribution in [2.24, 2.45) is 5.10 Å². The average molecular weight is 347 g/mol. The third kappa shape index (κ3) is 5.04. The number of carbonyl (C=O) groups is 1. The summed E-state index contributed by atoms with van der Waals surface area (Å²) < 4.78 is 6.06. The number of halogens is 1. The van der Waals surface area contributed by atoms with Crippen LogP contribution in [-0.2, 0) is 11.3 Å². The molecule has 0 aliphatic heterocycles. The van der Waals surface area contributed by atoms with Gasteiger partial charge in [-0.15, -0.1) is 0 Å². The van der Waals surface area contributed by atoms with Crippen molar-refractivity contribution in [3.63, 3.8) is 0 Å². The Bertz CT molecular complexity index is 624. The van der Waals surface area contributed by atoms with E-state index in [-0.39, 0.29) is 6.61 Å². The van der Waals surface area contributed by atoms with E-state index in [2.05, 4.69) is 26.5 Å². The van der Waals surface area contributed by atoms with Crippen LogP contribution in [0.2, 0.25) is 0 Å². The van der Waals surface area contributed by atoms with Crippen molar-refractivity contribution in [3.05, 3.63) is 70.2 Å². The lowest BCUT2D eigenvalue weighted by Gasteiger charge is -2.05. The van der Waals surface area contributed by atoms with Crippen LogP contribution < -0.4 is 5.43 Å². The van der Waals surface area contributed by atoms with E-state index < -0.39 is 6.09 Å². The zero-order valence-electron chi connectivity index (χ0n) is 11.5. The molecule has 2 rings (SSSR count). The molecule has 0 aromatic heterocycles. The zero-order valence-corrected chi connectivity index (χ0v) is 13.1. The summed E-state index contributed by atoms with van der Waals surface area (Å²) in [7, 11) is 0. The molecule has 0 aliphatic rings. The number of amides is 1. The minimum Gasteiger partial charge on any atom is -0.443 e. The lowest BCUT2D eigenvalue weighted by molar-refractivity contribution is 0.140. The largest absolute Gasteiger partial charge is 0.443 e. The number of carbonyl (C=O) groups excluding carboxylic acids is 1. The maximum absolute atomic E-state index is 11.6. The first-order chi connectivity index (χ1) is 10.1. The molecule has 5 heteroatoms. The Labute approximate surface area is 132 Å². The monoisotopic (exact) mass is 346 g/mol. The fourth-order valence-electron chi connectivity index (χ4n) is 1.64. The maximum atomic E-state index is 11.6. The van der Waals surface area contributed by atoms with E-state index in [4.69, 9.17) is 4.74 Å². The van der Waals surface area contributed by atoms with Crippen molar-refractivity contribution in [2.45, 2.75) is 13.5 Å². The molecule has 0 radical (unpaired) electrons. The van der Waals surface area contributed by atoms with E-state index in [0.717, 1.165) is 15.6 Å². The highest BCUT2D eigenvalue weighted by Gasteiger charge is 2.02. The summed E-state index contributed by atoms with van der Waals surface area (Å²) in [5, 5.41) is 4.01. The van der Waals surface area contributed by atoms with Crippen LogP contribution in [0.25, 0.3) is 0 Å². The Morgan fingerprint density at radius 3 is 2.48 bits per heavy atom. The van der Waals surface area contributed by atoms with Gasteiger partial charge < -0.3 is 4.74 Å². The number of hydrogen-bond acceptors (Lipinski definition) is 3. The van der Waals surface area contributed by atoms with Gasteiger partial charge in [0.2, 0.25) is 0 Å². The molecule has 1 amide bonds. The summed E-state index contributed by atoms with van der Waals surface area (Å²) in [6, 6.07) is 17.2. The van der Waals surface area contributed by atoms with Gasteiger partial charge in [-0.3, -0.25) is 0 Å². The van der Waals surface area contributed by atoms with Gasteiger partial charge in [-0.05, 0) is 30.2 Å². The first-order valence-electron chi connectivity index (χ1n) is 6.42. The fraction of sp³-hybridized carbons (Fsp3) is 0.125. The van der Waals surface area contributed by atoms with Crippen molar-refractivity contribution < 1.29 is 9.53 Å². The number of benzene rings is 2. The summed E-state index contributed by atoms with van der Waals surface area (Å²) in [4.78, 5) is 11.6. The number of hydrazone groups is 1. The molecule has 1 N–H and O–H groups in total. The van der Waals surface area contributed by atoms with E-state index in [1.54, 1.807) is 0 Å². The lowest BCUT2D eigenvalue weighted by Crippen LogP contribution is -2.20. The van der Waals surface area contributed by atoms with Crippen molar-refractivity contribution in [1.82, 2.24) is 5.43 Å². The lowest BCUT2D eigenvalue weighted by atomic mass is 10.1. The van der Waals surface area contributed by atoms with E-state index in [0.29, 0.717) is 5.71 Å². The molecule has 0 spiro atoms. The first-order valence-corrected chi connectivity index (χ1v) is 7.21. The number of nitrogens with one attached hydrogen (secondary N) is 1. The Morgan fingerprint density at radius 2 is 1.81 bits per heavy atom. The summed E-state index contributed by atoms with van der Waals surface area (Å²) in [5.41, 5.74) is 4.95. The molecule has 2 aromatic carbocycles. The molecule has 0 heterocycles. The Balaban J connectivity index is 1.85. The predicted octanol–water partition coefficient (Wildman–Crippen LogP) is 4.10. The average Bonchev–Trinajstić information content (AvgIpc) is 2.52. The van der Waals surface area contributed by atoms with Crippen LogP contribution in [0.4, 0.5) is 4.79 Å². The highest BCUT2D eigenvalue weighted by Crippen LogP contribution is 2.11. The van der Waals surface area contributed by atoms with Crippen LogP contribution in [-0.4, -0.2) is 11.8 Å². The van der Waals surface area contributed by atoms with Crippen molar-refractivity contribution >= 4 is 27.7 Å². The summed E-state index contributed by atoms with van der Waals surface area (Å²) >= 11 is 3.37. The fourth-order valence-corrected chi connectivity index (χ4v) is 1.90. The molecule has 0 unspecified atom stereocenters. The van der Waals surface area contributed by atoms with Crippen LogP contribution in [0.15, 0.2) is 64.2 Å². The number of nitrogens with zero attached hydrogens (tertiary/aromatic N) is 1. The van der Waals surface area contributed by atoms with Crippen LogP contribution >= 0.6 is 15.9 Å². The van der Waals surface area contributed by atoms with Gasteiger partial charge in [0.15, 0.2) is 0 Å². The molecule has 0 bridgehead atoms. The molecule has 0 saturated heterocycles. The summed E-state index contributed by atoms with van der Waals surface area (Å²) in [6.07, 6.45) is -0.574. The third-order valence-electron chi connectivity index (χ3n) is 2.79. The topological polar surface area (TPSA) is 50.7 Å². The molecule has 0 atom stereocenters. The van der Waals surface area contributed by atoms with Crippen LogP contribution in [0.3, 0.4) is 0 Å². The molecular weight excluding hydrogens is 332 g/mol. The van der Waals surface area contributed by atoms with Crippen LogP contribution in [0, 0.1) is 0 Å². The van der Waals surface area contributed by atoms with Crippen molar-refractivity contribution in [3.8, 4) is 0 Å². The predicted molar refractivity (Wildman–Crippen MR) is 86.1 cm³/mol. The molecule has 4 nitrogen and oxygen atoms in total. The normalized spacial score (nSPS) is 11.0. The Kier molecular flexibility index (Phi) is 5.51.